The van der Waals surface area contributed by atoms with Gasteiger partial charge in [-0.2, -0.15) is 0 Å². The zero-order valence-corrected chi connectivity index (χ0v) is 7.31. The fraction of sp³-hybridized carbons (Fsp3) is 0.250. The molecule has 0 bridgehead atoms. The summed E-state index contributed by atoms with van der Waals surface area (Å²) in [5, 5.41) is 0. The van der Waals surface area contributed by atoms with Crippen LogP contribution in [0.15, 0.2) is 23.1 Å². The van der Waals surface area contributed by atoms with Gasteiger partial charge in [0, 0.05) is 0 Å². The summed E-state index contributed by atoms with van der Waals surface area (Å²) in [6.45, 7) is 3.72. The molecule has 62 valence electrons. The molecule has 0 aliphatic carbocycles. The van der Waals surface area contributed by atoms with Crippen LogP contribution in [0.25, 0.3) is 0 Å². The first-order valence-electron chi connectivity index (χ1n) is 3.29. The normalized spacial score (nSPS) is 11.9. The molecule has 0 amide bonds. The summed E-state index contributed by atoms with van der Waals surface area (Å²) in [6, 6.07) is 5.50. The van der Waals surface area contributed by atoms with Crippen LogP contribution in [-0.2, 0) is 11.1 Å². The summed E-state index contributed by atoms with van der Waals surface area (Å²) in [5.74, 6) is 0. The Morgan fingerprint density at radius 2 is 1.92 bits per heavy atom. The second-order valence-corrected chi connectivity index (χ2v) is 3.46. The van der Waals surface area contributed by atoms with Gasteiger partial charge in [0.15, 0.2) is 11.1 Å². The van der Waals surface area contributed by atoms with Crippen molar-refractivity contribution in [3.05, 3.63) is 29.3 Å². The molecule has 1 rings (SSSR count). The van der Waals surface area contributed by atoms with E-state index in [1.165, 1.54) is 0 Å². The summed E-state index contributed by atoms with van der Waals surface area (Å²) >= 11 is -1.85. The van der Waals surface area contributed by atoms with Crippen LogP contribution < -0.4 is 0 Å². The van der Waals surface area contributed by atoms with Gasteiger partial charge in [-0.25, -0.2) is 4.21 Å². The van der Waals surface area contributed by atoms with Crippen LogP contribution in [0.1, 0.15) is 11.1 Å². The Kier molecular flexibility index (Phi) is 5.29. The number of hydrogen-bond acceptors (Lipinski definition) is 1. The van der Waals surface area contributed by atoms with Crippen LogP contribution in [0.4, 0.5) is 0 Å². The standard InChI is InChI=1S/C8H10O2S.Na.H/c1-6-3-4-7(2)8(5-6)11(9)10;;/h3-5H,1-2H3,(H,9,10);;. The van der Waals surface area contributed by atoms with Crippen LogP contribution in [0.3, 0.4) is 0 Å². The minimum atomic E-state index is -1.85. The van der Waals surface area contributed by atoms with Crippen molar-refractivity contribution in [2.45, 2.75) is 18.7 Å². The van der Waals surface area contributed by atoms with E-state index in [0.717, 1.165) is 11.1 Å². The van der Waals surface area contributed by atoms with Gasteiger partial charge in [0.2, 0.25) is 0 Å². The van der Waals surface area contributed by atoms with Crippen molar-refractivity contribution in [3.8, 4) is 0 Å². The molecule has 4 heteroatoms. The first kappa shape index (κ1) is 12.3. The van der Waals surface area contributed by atoms with Crippen molar-refractivity contribution in [2.75, 3.05) is 0 Å². The molecule has 2 nitrogen and oxygen atoms in total. The molecule has 1 aromatic rings. The monoisotopic (exact) mass is 194 g/mol. The molecule has 1 unspecified atom stereocenters. The van der Waals surface area contributed by atoms with E-state index in [4.69, 9.17) is 4.55 Å². The molecule has 1 N–H and O–H groups in total. The van der Waals surface area contributed by atoms with Gasteiger partial charge in [-0.05, 0) is 31.0 Å². The van der Waals surface area contributed by atoms with E-state index in [9.17, 15) is 4.21 Å². The molecule has 0 saturated heterocycles. The Balaban J connectivity index is 0.00000121. The summed E-state index contributed by atoms with van der Waals surface area (Å²) in [6.07, 6.45) is 0. The van der Waals surface area contributed by atoms with Gasteiger partial charge in [-0.3, -0.25) is 0 Å². The Bertz CT molecular complexity index is 299. The summed E-state index contributed by atoms with van der Waals surface area (Å²) in [7, 11) is 0. The van der Waals surface area contributed by atoms with E-state index in [-0.39, 0.29) is 29.6 Å². The third-order valence-corrected chi connectivity index (χ3v) is 2.35. The molecule has 0 fully saturated rings. The van der Waals surface area contributed by atoms with E-state index in [2.05, 4.69) is 0 Å². The van der Waals surface area contributed by atoms with E-state index < -0.39 is 11.1 Å². The molecule has 0 heterocycles. The van der Waals surface area contributed by atoms with Gasteiger partial charge in [0.25, 0.3) is 0 Å². The van der Waals surface area contributed by atoms with E-state index >= 15 is 0 Å². The van der Waals surface area contributed by atoms with E-state index in [0.29, 0.717) is 4.90 Å². The molecular weight excluding hydrogens is 183 g/mol. The molecule has 0 saturated carbocycles. The quantitative estimate of drug-likeness (QED) is 0.539. The van der Waals surface area contributed by atoms with Gasteiger partial charge in [-0.1, -0.05) is 12.1 Å². The summed E-state index contributed by atoms with van der Waals surface area (Å²) in [5.41, 5.74) is 1.87. The average Bonchev–Trinajstić information content (AvgIpc) is 1.94. The van der Waals surface area contributed by atoms with Gasteiger partial charge >= 0.3 is 29.6 Å². The molecule has 1 atom stereocenters. The molecule has 0 spiro atoms. The third kappa shape index (κ3) is 2.99. The maximum absolute atomic E-state index is 10.7. The zero-order valence-electron chi connectivity index (χ0n) is 6.50. The van der Waals surface area contributed by atoms with E-state index in [1.807, 2.05) is 26.0 Å². The van der Waals surface area contributed by atoms with Crippen molar-refractivity contribution in [2.24, 2.45) is 0 Å². The Morgan fingerprint density at radius 1 is 1.33 bits per heavy atom. The number of rotatable bonds is 1. The second-order valence-electron chi connectivity index (χ2n) is 2.52. The predicted molar refractivity (Wildman–Crippen MR) is 52.1 cm³/mol. The van der Waals surface area contributed by atoms with Crippen molar-refractivity contribution >= 4 is 40.6 Å². The van der Waals surface area contributed by atoms with E-state index in [1.54, 1.807) is 6.07 Å². The first-order chi connectivity index (χ1) is 5.11. The molecule has 0 aliphatic heterocycles. The van der Waals surface area contributed by atoms with Crippen molar-refractivity contribution in [1.29, 1.82) is 0 Å². The molecule has 0 aliphatic rings. The minimum absolute atomic E-state index is 0. The predicted octanol–water partition coefficient (Wildman–Crippen LogP) is 1.24. The van der Waals surface area contributed by atoms with Crippen LogP contribution >= 0.6 is 0 Å². The van der Waals surface area contributed by atoms with Gasteiger partial charge in [0.05, 0.1) is 4.90 Å². The Morgan fingerprint density at radius 3 is 2.33 bits per heavy atom. The molecule has 0 aromatic heterocycles. The summed E-state index contributed by atoms with van der Waals surface area (Å²) in [4.78, 5) is 0.505. The van der Waals surface area contributed by atoms with Gasteiger partial charge in [0.1, 0.15) is 0 Å². The number of benzene rings is 1. The fourth-order valence-electron chi connectivity index (χ4n) is 0.895. The van der Waals surface area contributed by atoms with Gasteiger partial charge < -0.3 is 4.55 Å². The zero-order chi connectivity index (χ0) is 8.43. The van der Waals surface area contributed by atoms with Crippen LogP contribution in [0.5, 0.6) is 0 Å². The number of hydrogen-bond donors (Lipinski definition) is 1. The molecular formula is C8H11NaO2S. The summed E-state index contributed by atoms with van der Waals surface area (Å²) < 4.78 is 19.5. The van der Waals surface area contributed by atoms with Crippen LogP contribution in [0.2, 0.25) is 0 Å². The number of aryl methyl sites for hydroxylation is 2. The average molecular weight is 194 g/mol. The molecule has 1 aromatic carbocycles. The Labute approximate surface area is 97.0 Å². The first-order valence-corrected chi connectivity index (χ1v) is 4.40. The Hall–Kier alpha value is 0.330. The SMILES string of the molecule is Cc1ccc(C)c(S(=O)O)c1.[NaH]. The molecule has 0 radical (unpaired) electrons. The van der Waals surface area contributed by atoms with Crippen molar-refractivity contribution < 1.29 is 8.76 Å². The van der Waals surface area contributed by atoms with Gasteiger partial charge in [-0.15, -0.1) is 0 Å². The maximum atomic E-state index is 10.7. The van der Waals surface area contributed by atoms with Crippen molar-refractivity contribution in [1.82, 2.24) is 0 Å². The second kappa shape index (κ2) is 5.14. The van der Waals surface area contributed by atoms with Crippen molar-refractivity contribution in [3.63, 3.8) is 0 Å². The van der Waals surface area contributed by atoms with Crippen LogP contribution in [0, 0.1) is 13.8 Å². The third-order valence-electron chi connectivity index (χ3n) is 1.53. The topological polar surface area (TPSA) is 37.3 Å². The molecule has 12 heavy (non-hydrogen) atoms. The van der Waals surface area contributed by atoms with Crippen LogP contribution in [-0.4, -0.2) is 38.3 Å². The fourth-order valence-corrected chi connectivity index (χ4v) is 1.53.